The monoisotopic (exact) mass is 315 g/mol. The molecule has 1 aliphatic rings. The summed E-state index contributed by atoms with van der Waals surface area (Å²) in [5, 5.41) is 9.28. The van der Waals surface area contributed by atoms with E-state index >= 15 is 0 Å². The summed E-state index contributed by atoms with van der Waals surface area (Å²) < 4.78 is 37.8. The number of methoxy groups -OCH3 is 2. The number of hydrogen-bond donors (Lipinski definition) is 2. The Morgan fingerprint density at radius 3 is 2.67 bits per heavy atom. The predicted octanol–water partition coefficient (Wildman–Crippen LogP) is 1.03. The molecule has 21 heavy (non-hydrogen) atoms. The van der Waals surface area contributed by atoms with Gasteiger partial charge in [-0.25, -0.2) is 13.1 Å². The van der Waals surface area contributed by atoms with E-state index in [1.165, 1.54) is 19.2 Å². The van der Waals surface area contributed by atoms with Gasteiger partial charge in [-0.3, -0.25) is 0 Å². The van der Waals surface area contributed by atoms with Gasteiger partial charge in [0.25, 0.3) is 0 Å². The summed E-state index contributed by atoms with van der Waals surface area (Å²) >= 11 is 0. The van der Waals surface area contributed by atoms with Crippen LogP contribution in [0, 0.1) is 0 Å². The molecule has 0 amide bonds. The minimum absolute atomic E-state index is 0.111. The van der Waals surface area contributed by atoms with Gasteiger partial charge in [0.2, 0.25) is 10.0 Å². The smallest absolute Gasteiger partial charge is 0.240 e. The minimum Gasteiger partial charge on any atom is -0.496 e. The van der Waals surface area contributed by atoms with E-state index in [0.29, 0.717) is 17.7 Å². The van der Waals surface area contributed by atoms with Crippen molar-refractivity contribution in [2.75, 3.05) is 14.2 Å². The molecule has 2 atom stereocenters. The topological polar surface area (TPSA) is 84.9 Å². The fraction of sp³-hybridized carbons (Fsp3) is 0.571. The zero-order valence-corrected chi connectivity index (χ0v) is 13.0. The first-order valence-corrected chi connectivity index (χ1v) is 8.31. The maximum absolute atomic E-state index is 12.4. The van der Waals surface area contributed by atoms with Gasteiger partial charge in [0.15, 0.2) is 0 Å². The number of nitrogens with one attached hydrogen (secondary N) is 1. The zero-order valence-electron chi connectivity index (χ0n) is 12.2. The van der Waals surface area contributed by atoms with Gasteiger partial charge in [-0.15, -0.1) is 0 Å². The first kappa shape index (κ1) is 16.2. The van der Waals surface area contributed by atoms with Crippen molar-refractivity contribution < 1.29 is 23.0 Å². The fourth-order valence-corrected chi connectivity index (χ4v) is 3.93. The van der Waals surface area contributed by atoms with E-state index in [2.05, 4.69) is 4.72 Å². The standard InChI is InChI=1S/C14H21NO5S/c1-19-12-4-3-11(8-12)15-21(17,18)13-5-6-14(20-2)10(7-13)9-16/h5-7,11-12,15-16H,3-4,8-9H2,1-2H3. The molecule has 0 heterocycles. The highest BCUT2D eigenvalue weighted by atomic mass is 32.2. The molecule has 1 saturated carbocycles. The van der Waals surface area contributed by atoms with Crippen LogP contribution in [0.15, 0.2) is 23.1 Å². The third kappa shape index (κ3) is 3.74. The number of rotatable bonds is 6. The molecular formula is C14H21NO5S. The lowest BCUT2D eigenvalue weighted by atomic mass is 10.2. The van der Waals surface area contributed by atoms with E-state index in [1.807, 2.05) is 0 Å². The Labute approximate surface area is 125 Å². The maximum atomic E-state index is 12.4. The Bertz CT molecular complexity index is 587. The first-order chi connectivity index (χ1) is 10.00. The van der Waals surface area contributed by atoms with Crippen LogP contribution in [-0.2, 0) is 21.4 Å². The summed E-state index contributed by atoms with van der Waals surface area (Å²) in [4.78, 5) is 0.133. The molecule has 1 aliphatic carbocycles. The predicted molar refractivity (Wildman–Crippen MR) is 77.7 cm³/mol. The Balaban J connectivity index is 2.16. The minimum atomic E-state index is -3.61. The summed E-state index contributed by atoms with van der Waals surface area (Å²) in [6.07, 6.45) is 2.41. The van der Waals surface area contributed by atoms with Gasteiger partial charge in [0.05, 0.1) is 24.7 Å². The Morgan fingerprint density at radius 1 is 1.33 bits per heavy atom. The maximum Gasteiger partial charge on any atom is 0.240 e. The average molecular weight is 315 g/mol. The second-order valence-corrected chi connectivity index (χ2v) is 6.83. The lowest BCUT2D eigenvalue weighted by Crippen LogP contribution is -2.33. The van der Waals surface area contributed by atoms with Crippen LogP contribution in [-0.4, -0.2) is 39.9 Å². The van der Waals surface area contributed by atoms with Crippen molar-refractivity contribution in [3.8, 4) is 5.75 Å². The van der Waals surface area contributed by atoms with E-state index in [-0.39, 0.29) is 23.6 Å². The van der Waals surface area contributed by atoms with E-state index < -0.39 is 10.0 Å². The van der Waals surface area contributed by atoms with Gasteiger partial charge in [-0.2, -0.15) is 0 Å². The van der Waals surface area contributed by atoms with Crippen LogP contribution in [0.2, 0.25) is 0 Å². The molecule has 1 aromatic carbocycles. The zero-order chi connectivity index (χ0) is 15.5. The largest absolute Gasteiger partial charge is 0.496 e. The van der Waals surface area contributed by atoms with Crippen molar-refractivity contribution in [3.05, 3.63) is 23.8 Å². The highest BCUT2D eigenvalue weighted by molar-refractivity contribution is 7.89. The van der Waals surface area contributed by atoms with E-state index in [9.17, 15) is 13.5 Å². The normalized spacial score (nSPS) is 22.4. The molecule has 0 spiro atoms. The molecule has 0 saturated heterocycles. The van der Waals surface area contributed by atoms with Gasteiger partial charge >= 0.3 is 0 Å². The number of aliphatic hydroxyl groups excluding tert-OH is 1. The lowest BCUT2D eigenvalue weighted by Gasteiger charge is -2.15. The van der Waals surface area contributed by atoms with Crippen molar-refractivity contribution >= 4 is 10.0 Å². The molecule has 2 unspecified atom stereocenters. The second-order valence-electron chi connectivity index (χ2n) is 5.12. The van der Waals surface area contributed by atoms with Crippen molar-refractivity contribution in [2.24, 2.45) is 0 Å². The molecular weight excluding hydrogens is 294 g/mol. The number of aliphatic hydroxyl groups is 1. The van der Waals surface area contributed by atoms with Crippen LogP contribution >= 0.6 is 0 Å². The van der Waals surface area contributed by atoms with E-state index in [0.717, 1.165) is 12.8 Å². The van der Waals surface area contributed by atoms with Gasteiger partial charge < -0.3 is 14.6 Å². The quantitative estimate of drug-likeness (QED) is 0.819. The van der Waals surface area contributed by atoms with Crippen molar-refractivity contribution in [3.63, 3.8) is 0 Å². The molecule has 0 radical (unpaired) electrons. The second kappa shape index (κ2) is 6.74. The lowest BCUT2D eigenvalue weighted by molar-refractivity contribution is 0.107. The molecule has 2 N–H and O–H groups in total. The van der Waals surface area contributed by atoms with Crippen LogP contribution < -0.4 is 9.46 Å². The molecule has 0 aliphatic heterocycles. The van der Waals surface area contributed by atoms with Gasteiger partial charge in [-0.05, 0) is 37.5 Å². The highest BCUT2D eigenvalue weighted by Gasteiger charge is 2.28. The number of hydrogen-bond acceptors (Lipinski definition) is 5. The molecule has 0 aromatic heterocycles. The summed E-state index contributed by atoms with van der Waals surface area (Å²) in [6.45, 7) is -0.276. The molecule has 118 valence electrons. The van der Waals surface area contributed by atoms with Crippen LogP contribution in [0.5, 0.6) is 5.75 Å². The fourth-order valence-electron chi connectivity index (χ4n) is 2.59. The van der Waals surface area contributed by atoms with Gasteiger partial charge in [0, 0.05) is 18.7 Å². The van der Waals surface area contributed by atoms with Crippen LogP contribution in [0.4, 0.5) is 0 Å². The number of ether oxygens (including phenoxy) is 2. The third-order valence-corrected chi connectivity index (χ3v) is 5.29. The molecule has 0 bridgehead atoms. The van der Waals surface area contributed by atoms with Crippen molar-refractivity contribution in [1.29, 1.82) is 0 Å². The summed E-state index contributed by atoms with van der Waals surface area (Å²) in [7, 11) is -0.491. The average Bonchev–Trinajstić information content (AvgIpc) is 2.93. The molecule has 7 heteroatoms. The Morgan fingerprint density at radius 2 is 2.10 bits per heavy atom. The molecule has 1 aromatic rings. The summed E-state index contributed by atoms with van der Waals surface area (Å²) in [6, 6.07) is 4.35. The summed E-state index contributed by atoms with van der Waals surface area (Å²) in [5.74, 6) is 0.469. The Kier molecular flexibility index (Phi) is 5.21. The third-order valence-electron chi connectivity index (χ3n) is 3.77. The van der Waals surface area contributed by atoms with Crippen molar-refractivity contribution in [2.45, 2.75) is 42.9 Å². The van der Waals surface area contributed by atoms with Crippen LogP contribution in [0.3, 0.4) is 0 Å². The molecule has 2 rings (SSSR count). The number of benzene rings is 1. The van der Waals surface area contributed by atoms with Crippen LogP contribution in [0.1, 0.15) is 24.8 Å². The van der Waals surface area contributed by atoms with Crippen LogP contribution in [0.25, 0.3) is 0 Å². The molecule has 1 fully saturated rings. The highest BCUT2D eigenvalue weighted by Crippen LogP contribution is 2.25. The Hall–Kier alpha value is -1.15. The van der Waals surface area contributed by atoms with E-state index in [4.69, 9.17) is 9.47 Å². The van der Waals surface area contributed by atoms with E-state index in [1.54, 1.807) is 13.2 Å². The molecule has 6 nitrogen and oxygen atoms in total. The van der Waals surface area contributed by atoms with Gasteiger partial charge in [-0.1, -0.05) is 0 Å². The SMILES string of the molecule is COc1ccc(S(=O)(=O)NC2CCC(OC)C2)cc1CO. The first-order valence-electron chi connectivity index (χ1n) is 6.83. The van der Waals surface area contributed by atoms with Gasteiger partial charge in [0.1, 0.15) is 5.75 Å². The number of sulfonamides is 1. The summed E-state index contributed by atoms with van der Waals surface area (Å²) in [5.41, 5.74) is 0.446. The van der Waals surface area contributed by atoms with Crippen molar-refractivity contribution in [1.82, 2.24) is 4.72 Å².